The van der Waals surface area contributed by atoms with Crippen molar-refractivity contribution in [2.75, 3.05) is 50.8 Å². The Morgan fingerprint density at radius 1 is 0.729 bits per heavy atom. The summed E-state index contributed by atoms with van der Waals surface area (Å²) in [5, 5.41) is 45.3. The molecule has 0 aromatic heterocycles. The smallest absolute Gasteiger partial charge is 0.197 e. The molecule has 0 heterocycles. The monoisotopic (exact) mass is 713 g/mol. The van der Waals surface area contributed by atoms with Gasteiger partial charge in [0.15, 0.2) is 10.2 Å². The van der Waals surface area contributed by atoms with Crippen LogP contribution in [-0.4, -0.2) is 116 Å². The third-order valence-electron chi connectivity index (χ3n) is 8.00. The van der Waals surface area contributed by atoms with Crippen LogP contribution in [0.3, 0.4) is 0 Å². The lowest BCUT2D eigenvalue weighted by Gasteiger charge is -2.35. The van der Waals surface area contributed by atoms with Crippen LogP contribution in [0.1, 0.15) is 81.1 Å². The van der Waals surface area contributed by atoms with Crippen molar-refractivity contribution in [1.29, 1.82) is 0 Å². The molecule has 0 bridgehead atoms. The maximum atomic E-state index is 12.7. The largest absolute Gasteiger partial charge is 0.392 e. The Morgan fingerprint density at radius 2 is 1.21 bits per heavy atom. The molecule has 0 aliphatic carbocycles. The average Bonchev–Trinajstić information content (AvgIpc) is 2.98. The lowest BCUT2D eigenvalue weighted by molar-refractivity contribution is -0.117. The normalized spacial score (nSPS) is 16.8. The van der Waals surface area contributed by atoms with Gasteiger partial charge in [-0.25, -0.2) is 0 Å². The number of nitrogens with zero attached hydrogens (tertiary/aromatic N) is 2. The first kappa shape index (κ1) is 46.6. The number of carbonyl (C=O) groups excluding carboxylic acids is 2. The summed E-state index contributed by atoms with van der Waals surface area (Å²) in [7, 11) is 0. The minimum absolute atomic E-state index is 0.188. The van der Waals surface area contributed by atoms with Crippen molar-refractivity contribution in [3.8, 4) is 0 Å². The molecule has 0 saturated heterocycles. The summed E-state index contributed by atoms with van der Waals surface area (Å²) in [6.07, 6.45) is 14.7. The Kier molecular flexibility index (Phi) is 26.5. The van der Waals surface area contributed by atoms with Crippen LogP contribution in [-0.2, 0) is 9.59 Å². The van der Waals surface area contributed by atoms with Gasteiger partial charge >= 0.3 is 0 Å². The zero-order valence-electron chi connectivity index (χ0n) is 30.9. The van der Waals surface area contributed by atoms with Gasteiger partial charge in [0.05, 0.1) is 24.7 Å². The zero-order valence-corrected chi connectivity index (χ0v) is 32.5. The van der Waals surface area contributed by atoms with Crippen LogP contribution < -0.4 is 5.32 Å². The van der Waals surface area contributed by atoms with Gasteiger partial charge in [0, 0.05) is 50.8 Å². The molecular weight excluding hydrogens is 647 g/mol. The van der Waals surface area contributed by atoms with Crippen molar-refractivity contribution < 1.29 is 30.0 Å². The van der Waals surface area contributed by atoms with Crippen LogP contribution in [0.5, 0.6) is 0 Å². The molecule has 6 atom stereocenters. The number of aliphatic hydroxyl groups is 4. The van der Waals surface area contributed by atoms with Crippen LogP contribution in [0.25, 0.3) is 0 Å². The second-order valence-electron chi connectivity index (χ2n) is 13.4. The molecule has 0 spiro atoms. The topological polar surface area (TPSA) is 134 Å². The van der Waals surface area contributed by atoms with Gasteiger partial charge in [0.25, 0.3) is 0 Å². The third-order valence-corrected chi connectivity index (χ3v) is 9.70. The fourth-order valence-corrected chi connectivity index (χ4v) is 6.99. The zero-order chi connectivity index (χ0) is 36.5. The minimum Gasteiger partial charge on any atom is -0.392 e. The van der Waals surface area contributed by atoms with Crippen molar-refractivity contribution in [1.82, 2.24) is 15.1 Å². The van der Waals surface area contributed by atoms with Crippen LogP contribution in [0, 0.1) is 17.3 Å². The van der Waals surface area contributed by atoms with E-state index in [0.29, 0.717) is 57.1 Å². The second-order valence-corrected chi connectivity index (χ2v) is 15.7. The maximum Gasteiger partial charge on any atom is 0.197 e. The average molecular weight is 714 g/mol. The molecular formula is C37H67N3O6S2. The second kappa shape index (κ2) is 27.3. The molecule has 9 nitrogen and oxygen atoms in total. The number of nitrogens with one attached hydrogen (secondary N) is 1. The standard InChI is InChI=1S/C37H67N3O6S2/c1-9-13-16-37(7,8)33(43)27-39(25-31(41)22-29(5)14-10-2)18-20-47-35(45)24-36(46)48-21-19-40(28-34(44)38-17-12-4)26-32(42)23-30(6)15-11-3/h9-15,17,29-34,38,41-44H,16,18-28H2,1-8H3/b13-9-,14-10-,15-11-,17-12-. The van der Waals surface area contributed by atoms with E-state index in [4.69, 9.17) is 0 Å². The van der Waals surface area contributed by atoms with Crippen molar-refractivity contribution >= 4 is 33.8 Å². The van der Waals surface area contributed by atoms with Crippen LogP contribution in [0.2, 0.25) is 0 Å². The van der Waals surface area contributed by atoms with Gasteiger partial charge in [0.1, 0.15) is 6.23 Å². The summed E-state index contributed by atoms with van der Waals surface area (Å²) >= 11 is 2.20. The quantitative estimate of drug-likeness (QED) is 0.0436. The number of hydrogen-bond acceptors (Lipinski definition) is 11. The van der Waals surface area contributed by atoms with E-state index in [2.05, 4.69) is 18.3 Å². The molecule has 0 aliphatic rings. The van der Waals surface area contributed by atoms with E-state index in [9.17, 15) is 30.0 Å². The Bertz CT molecular complexity index is 990. The highest BCUT2D eigenvalue weighted by molar-refractivity contribution is 8.15. The molecule has 5 N–H and O–H groups in total. The highest BCUT2D eigenvalue weighted by atomic mass is 32.2. The van der Waals surface area contributed by atoms with Gasteiger partial charge in [-0.3, -0.25) is 19.4 Å². The number of rotatable bonds is 27. The summed E-state index contributed by atoms with van der Waals surface area (Å²) in [4.78, 5) is 29.3. The Morgan fingerprint density at radius 3 is 1.65 bits per heavy atom. The predicted molar refractivity (Wildman–Crippen MR) is 205 cm³/mol. The van der Waals surface area contributed by atoms with E-state index in [1.807, 2.05) is 88.6 Å². The number of thioether (sulfide) groups is 2. The summed E-state index contributed by atoms with van der Waals surface area (Å²) in [5.41, 5.74) is -0.347. The van der Waals surface area contributed by atoms with Gasteiger partial charge in [-0.15, -0.1) is 0 Å². The molecule has 0 radical (unpaired) electrons. The molecule has 0 saturated carbocycles. The molecule has 48 heavy (non-hydrogen) atoms. The van der Waals surface area contributed by atoms with Crippen LogP contribution >= 0.6 is 23.5 Å². The molecule has 0 aliphatic heterocycles. The predicted octanol–water partition coefficient (Wildman–Crippen LogP) is 5.22. The van der Waals surface area contributed by atoms with Crippen molar-refractivity contribution in [3.63, 3.8) is 0 Å². The Balaban J connectivity index is 5.06. The third kappa shape index (κ3) is 23.8. The molecule has 0 fully saturated rings. The van der Waals surface area contributed by atoms with Crippen molar-refractivity contribution in [2.45, 2.75) is 106 Å². The van der Waals surface area contributed by atoms with E-state index in [0.717, 1.165) is 29.9 Å². The number of aliphatic hydroxyl groups excluding tert-OH is 4. The van der Waals surface area contributed by atoms with Crippen LogP contribution in [0.15, 0.2) is 48.7 Å². The van der Waals surface area contributed by atoms with Gasteiger partial charge in [-0.1, -0.05) is 93.8 Å². The first-order valence-electron chi connectivity index (χ1n) is 17.4. The van der Waals surface area contributed by atoms with Gasteiger partial charge in [-0.05, 0) is 70.4 Å². The number of hydrogen-bond donors (Lipinski definition) is 5. The summed E-state index contributed by atoms with van der Waals surface area (Å²) in [6, 6.07) is 0. The molecule has 6 unspecified atom stereocenters. The Labute approximate surface area is 300 Å². The highest BCUT2D eigenvalue weighted by Crippen LogP contribution is 2.27. The fourth-order valence-electron chi connectivity index (χ4n) is 5.28. The van der Waals surface area contributed by atoms with E-state index in [1.165, 1.54) is 0 Å². The SMILES string of the molecule is C/C=C\CC(C)(C)C(O)CN(CCSC(=O)CC(=O)SCCN(CC(O)CC(C)/C=C\C)CC(O)N/C=C\C)CC(O)CC(C)/C=C\C. The van der Waals surface area contributed by atoms with E-state index >= 15 is 0 Å². The maximum absolute atomic E-state index is 12.7. The highest BCUT2D eigenvalue weighted by Gasteiger charge is 2.29. The lowest BCUT2D eigenvalue weighted by atomic mass is 9.82. The fraction of sp³-hybridized carbons (Fsp3) is 0.730. The summed E-state index contributed by atoms with van der Waals surface area (Å²) in [5.74, 6) is 1.33. The lowest BCUT2D eigenvalue weighted by Crippen LogP contribution is -2.44. The molecule has 278 valence electrons. The van der Waals surface area contributed by atoms with Gasteiger partial charge in [-0.2, -0.15) is 0 Å². The first-order chi connectivity index (χ1) is 22.7. The summed E-state index contributed by atoms with van der Waals surface area (Å²) < 4.78 is 0. The van der Waals surface area contributed by atoms with Crippen LogP contribution in [0.4, 0.5) is 0 Å². The molecule has 0 aromatic rings. The van der Waals surface area contributed by atoms with Gasteiger partial charge < -0.3 is 25.7 Å². The van der Waals surface area contributed by atoms with E-state index in [-0.39, 0.29) is 40.4 Å². The van der Waals surface area contributed by atoms with E-state index < -0.39 is 24.5 Å². The Hall–Kier alpha value is -1.44. The molecule has 11 heteroatoms. The van der Waals surface area contributed by atoms with Crippen molar-refractivity contribution in [2.24, 2.45) is 17.3 Å². The van der Waals surface area contributed by atoms with Crippen molar-refractivity contribution in [3.05, 3.63) is 48.7 Å². The molecule has 0 amide bonds. The number of carbonyl (C=O) groups is 2. The van der Waals surface area contributed by atoms with Gasteiger partial charge in [0.2, 0.25) is 0 Å². The molecule has 0 aromatic carbocycles. The number of allylic oxidation sites excluding steroid dienone is 7. The first-order valence-corrected chi connectivity index (χ1v) is 19.4. The minimum atomic E-state index is -0.822. The molecule has 0 rings (SSSR count). The summed E-state index contributed by atoms with van der Waals surface area (Å²) in [6.45, 7) is 18.2. The van der Waals surface area contributed by atoms with E-state index in [1.54, 1.807) is 12.3 Å².